The summed E-state index contributed by atoms with van der Waals surface area (Å²) >= 11 is 5.96. The Morgan fingerprint density at radius 3 is 2.32 bits per heavy atom. The summed E-state index contributed by atoms with van der Waals surface area (Å²) in [5.74, 6) is 0.330. The number of hydrogen-bond acceptors (Lipinski definition) is 2. The molecule has 1 saturated heterocycles. The molecule has 0 bridgehead atoms. The molecule has 0 atom stereocenters. The lowest BCUT2D eigenvalue weighted by atomic mass is 9.95. The third-order valence-electron chi connectivity index (χ3n) is 5.79. The summed E-state index contributed by atoms with van der Waals surface area (Å²) < 4.78 is 0. The highest BCUT2D eigenvalue weighted by molar-refractivity contribution is 6.30. The predicted molar refractivity (Wildman–Crippen MR) is 116 cm³/mol. The van der Waals surface area contributed by atoms with Gasteiger partial charge in [0.25, 0.3) is 0 Å². The maximum Gasteiger partial charge on any atom is 0.223 e. The zero-order valence-electron chi connectivity index (χ0n) is 17.0. The van der Waals surface area contributed by atoms with Crippen LogP contribution in [0.3, 0.4) is 0 Å². The van der Waals surface area contributed by atoms with Crippen molar-refractivity contribution in [3.63, 3.8) is 0 Å². The van der Waals surface area contributed by atoms with Crippen LogP contribution < -0.4 is 5.32 Å². The first kappa shape index (κ1) is 20.9. The zero-order valence-corrected chi connectivity index (χ0v) is 17.8. The molecule has 1 heterocycles. The van der Waals surface area contributed by atoms with Crippen LogP contribution in [-0.2, 0) is 30.7 Å². The van der Waals surface area contributed by atoms with Crippen LogP contribution in [0.2, 0.25) is 5.02 Å². The first-order chi connectivity index (χ1) is 13.6. The maximum atomic E-state index is 12.7. The van der Waals surface area contributed by atoms with Gasteiger partial charge in [-0.3, -0.25) is 9.69 Å². The molecule has 0 saturated carbocycles. The van der Waals surface area contributed by atoms with E-state index in [0.717, 1.165) is 50.3 Å². The average Bonchev–Trinajstić information content (AvgIpc) is 2.74. The molecule has 3 rings (SSSR count). The molecule has 0 spiro atoms. The molecule has 1 amide bonds. The highest BCUT2D eigenvalue weighted by Crippen LogP contribution is 2.21. The van der Waals surface area contributed by atoms with Gasteiger partial charge in [-0.15, -0.1) is 0 Å². The second-order valence-corrected chi connectivity index (χ2v) is 8.14. The van der Waals surface area contributed by atoms with Gasteiger partial charge in [-0.1, -0.05) is 55.8 Å². The van der Waals surface area contributed by atoms with E-state index in [1.807, 2.05) is 12.1 Å². The molecule has 1 aliphatic rings. The van der Waals surface area contributed by atoms with Gasteiger partial charge in [0.05, 0.1) is 0 Å². The molecule has 1 aliphatic heterocycles. The number of likely N-dealkylation sites (tertiary alicyclic amines) is 1. The van der Waals surface area contributed by atoms with E-state index in [2.05, 4.69) is 54.4 Å². The Morgan fingerprint density at radius 2 is 1.68 bits per heavy atom. The fourth-order valence-corrected chi connectivity index (χ4v) is 4.06. The lowest BCUT2D eigenvalue weighted by Gasteiger charge is -2.31. The molecular formula is C24H31ClN2O. The number of nitrogens with zero attached hydrogens (tertiary/aromatic N) is 1. The summed E-state index contributed by atoms with van der Waals surface area (Å²) in [6.45, 7) is 7.83. The number of amides is 1. The van der Waals surface area contributed by atoms with E-state index in [1.54, 1.807) is 0 Å². The molecule has 2 aromatic rings. The van der Waals surface area contributed by atoms with Gasteiger partial charge in [0.1, 0.15) is 0 Å². The van der Waals surface area contributed by atoms with E-state index in [4.69, 9.17) is 11.6 Å². The van der Waals surface area contributed by atoms with E-state index < -0.39 is 0 Å². The number of nitrogens with one attached hydrogen (secondary N) is 1. The number of piperidine rings is 1. The minimum Gasteiger partial charge on any atom is -0.352 e. The molecule has 150 valence electrons. The Morgan fingerprint density at radius 1 is 1.00 bits per heavy atom. The van der Waals surface area contributed by atoms with E-state index in [0.29, 0.717) is 6.54 Å². The van der Waals surface area contributed by atoms with Crippen LogP contribution >= 0.6 is 11.6 Å². The van der Waals surface area contributed by atoms with Gasteiger partial charge < -0.3 is 5.32 Å². The molecule has 3 nitrogen and oxygen atoms in total. The summed E-state index contributed by atoms with van der Waals surface area (Å²) in [6, 6.07) is 14.7. The quantitative estimate of drug-likeness (QED) is 0.712. The Bertz CT molecular complexity index is 780. The third kappa shape index (κ3) is 5.59. The molecule has 0 aliphatic carbocycles. The monoisotopic (exact) mass is 398 g/mol. The highest BCUT2D eigenvalue weighted by atomic mass is 35.5. The molecule has 2 aromatic carbocycles. The average molecular weight is 399 g/mol. The van der Waals surface area contributed by atoms with Crippen molar-refractivity contribution >= 4 is 17.5 Å². The van der Waals surface area contributed by atoms with E-state index >= 15 is 0 Å². The normalized spacial score (nSPS) is 15.5. The van der Waals surface area contributed by atoms with Gasteiger partial charge in [0.2, 0.25) is 5.91 Å². The lowest BCUT2D eigenvalue weighted by Crippen LogP contribution is -2.40. The topological polar surface area (TPSA) is 32.3 Å². The predicted octanol–water partition coefficient (Wildman–Crippen LogP) is 4.99. The number of carbonyl (C=O) groups is 1. The molecule has 28 heavy (non-hydrogen) atoms. The Balaban J connectivity index is 1.48. The zero-order chi connectivity index (χ0) is 19.9. The molecule has 1 N–H and O–H groups in total. The Hall–Kier alpha value is -1.84. The molecule has 0 aromatic heterocycles. The Labute approximate surface area is 174 Å². The van der Waals surface area contributed by atoms with Gasteiger partial charge in [-0.05, 0) is 73.2 Å². The molecule has 0 radical (unpaired) electrons. The second kappa shape index (κ2) is 10.1. The van der Waals surface area contributed by atoms with Crippen LogP contribution in [0.25, 0.3) is 0 Å². The number of rotatable bonds is 7. The van der Waals surface area contributed by atoms with Crippen LogP contribution in [0.4, 0.5) is 0 Å². The second-order valence-electron chi connectivity index (χ2n) is 7.70. The summed E-state index contributed by atoms with van der Waals surface area (Å²) in [4.78, 5) is 15.1. The van der Waals surface area contributed by atoms with Crippen LogP contribution in [-0.4, -0.2) is 23.9 Å². The first-order valence-electron chi connectivity index (χ1n) is 10.4. The van der Waals surface area contributed by atoms with Crippen molar-refractivity contribution < 1.29 is 4.79 Å². The Kier molecular flexibility index (Phi) is 7.52. The van der Waals surface area contributed by atoms with Gasteiger partial charge >= 0.3 is 0 Å². The van der Waals surface area contributed by atoms with E-state index in [9.17, 15) is 4.79 Å². The number of hydrogen-bond donors (Lipinski definition) is 1. The number of benzene rings is 2. The fourth-order valence-electron chi connectivity index (χ4n) is 3.94. The standard InChI is InChI=1S/C24H31ClN2O/c1-3-18-5-8-20(4-2)22(15-18)16-26-24(28)21-11-13-27(14-12-21)17-19-6-9-23(25)10-7-19/h5-10,15,21H,3-4,11-14,16-17H2,1-2H3,(H,26,28). The van der Waals surface area contributed by atoms with E-state index in [1.165, 1.54) is 22.3 Å². The third-order valence-corrected chi connectivity index (χ3v) is 6.04. The van der Waals surface area contributed by atoms with Gasteiger partial charge in [-0.25, -0.2) is 0 Å². The van der Waals surface area contributed by atoms with Gasteiger partial charge in [0, 0.05) is 24.0 Å². The van der Waals surface area contributed by atoms with Crippen molar-refractivity contribution in [2.45, 2.75) is 52.6 Å². The van der Waals surface area contributed by atoms with Crippen molar-refractivity contribution in [3.8, 4) is 0 Å². The minimum absolute atomic E-state index is 0.126. The van der Waals surface area contributed by atoms with Crippen molar-refractivity contribution in [3.05, 3.63) is 69.7 Å². The summed E-state index contributed by atoms with van der Waals surface area (Å²) in [6.07, 6.45) is 3.87. The molecule has 0 unspecified atom stereocenters. The number of carbonyl (C=O) groups excluding carboxylic acids is 1. The summed E-state index contributed by atoms with van der Waals surface area (Å²) in [7, 11) is 0. The highest BCUT2D eigenvalue weighted by Gasteiger charge is 2.24. The largest absolute Gasteiger partial charge is 0.352 e. The number of aryl methyl sites for hydroxylation is 2. The SMILES string of the molecule is CCc1ccc(CC)c(CNC(=O)C2CCN(Cc3ccc(Cl)cc3)CC2)c1. The first-order valence-corrected chi connectivity index (χ1v) is 10.8. The van der Waals surface area contributed by atoms with Crippen LogP contribution in [0, 0.1) is 5.92 Å². The molecule has 4 heteroatoms. The van der Waals surface area contributed by atoms with E-state index in [-0.39, 0.29) is 11.8 Å². The smallest absolute Gasteiger partial charge is 0.223 e. The van der Waals surface area contributed by atoms with Crippen LogP contribution in [0.1, 0.15) is 48.9 Å². The fraction of sp³-hybridized carbons (Fsp3) is 0.458. The molecule has 1 fully saturated rings. The van der Waals surface area contributed by atoms with Crippen molar-refractivity contribution in [1.29, 1.82) is 0 Å². The van der Waals surface area contributed by atoms with Crippen molar-refractivity contribution in [2.24, 2.45) is 5.92 Å². The van der Waals surface area contributed by atoms with Crippen LogP contribution in [0.5, 0.6) is 0 Å². The van der Waals surface area contributed by atoms with Crippen LogP contribution in [0.15, 0.2) is 42.5 Å². The molecular weight excluding hydrogens is 368 g/mol. The summed E-state index contributed by atoms with van der Waals surface area (Å²) in [5.41, 5.74) is 5.19. The van der Waals surface area contributed by atoms with Gasteiger partial charge in [0.15, 0.2) is 0 Å². The maximum absolute atomic E-state index is 12.7. The van der Waals surface area contributed by atoms with Crippen molar-refractivity contribution in [1.82, 2.24) is 10.2 Å². The van der Waals surface area contributed by atoms with Crippen molar-refractivity contribution in [2.75, 3.05) is 13.1 Å². The minimum atomic E-state index is 0.126. The number of halogens is 1. The van der Waals surface area contributed by atoms with Gasteiger partial charge in [-0.2, -0.15) is 0 Å². The summed E-state index contributed by atoms with van der Waals surface area (Å²) in [5, 5.41) is 3.97. The lowest BCUT2D eigenvalue weighted by molar-refractivity contribution is -0.126.